The number of ether oxygens (including phenoxy) is 1. The number of rotatable bonds is 16. The molecule has 0 spiro atoms. The van der Waals surface area contributed by atoms with Crippen LogP contribution in [0.25, 0.3) is 0 Å². The van der Waals surface area contributed by atoms with Gasteiger partial charge < -0.3 is 20.3 Å². The Bertz CT molecular complexity index is 916. The normalized spacial score (nSPS) is 13.8. The molecule has 0 radical (unpaired) electrons. The van der Waals surface area contributed by atoms with Crippen LogP contribution in [0.2, 0.25) is 0 Å². The van der Waals surface area contributed by atoms with Gasteiger partial charge in [0.1, 0.15) is 17.7 Å². The molecule has 8 heteroatoms. The fraction of sp³-hybridized carbons (Fsp3) is 0.710. The molecule has 0 fully saturated rings. The molecule has 0 saturated heterocycles. The van der Waals surface area contributed by atoms with E-state index in [2.05, 4.69) is 37.1 Å². The van der Waals surface area contributed by atoms with Crippen LogP contribution in [-0.4, -0.2) is 52.8 Å². The first-order valence-corrected chi connectivity index (χ1v) is 15.3. The van der Waals surface area contributed by atoms with Crippen LogP contribution in [-0.2, 0) is 14.3 Å². The number of benzene rings is 1. The van der Waals surface area contributed by atoms with Crippen LogP contribution in [0.15, 0.2) is 18.2 Å². The van der Waals surface area contributed by atoms with E-state index in [4.69, 9.17) is 4.74 Å². The van der Waals surface area contributed by atoms with Crippen molar-refractivity contribution < 1.29 is 19.1 Å². The van der Waals surface area contributed by atoms with Gasteiger partial charge in [0, 0.05) is 18.3 Å². The molecule has 0 aromatic heterocycles. The van der Waals surface area contributed by atoms with Gasteiger partial charge in [-0.05, 0) is 65.5 Å². The van der Waals surface area contributed by atoms with Gasteiger partial charge in [-0.2, -0.15) is 12.6 Å². The van der Waals surface area contributed by atoms with E-state index in [1.165, 1.54) is 6.42 Å². The minimum absolute atomic E-state index is 0.0256. The van der Waals surface area contributed by atoms with Crippen molar-refractivity contribution >= 4 is 30.5 Å². The molecule has 0 aliphatic carbocycles. The predicted octanol–water partition coefficient (Wildman–Crippen LogP) is 6.66. The molecule has 222 valence electrons. The van der Waals surface area contributed by atoms with Gasteiger partial charge in [0.25, 0.3) is 0 Å². The maximum absolute atomic E-state index is 14.1. The summed E-state index contributed by atoms with van der Waals surface area (Å²) in [5.41, 5.74) is 2.12. The Labute approximate surface area is 242 Å². The van der Waals surface area contributed by atoms with Crippen molar-refractivity contribution in [3.8, 4) is 0 Å². The number of amides is 3. The summed E-state index contributed by atoms with van der Waals surface area (Å²) < 4.78 is 5.41. The summed E-state index contributed by atoms with van der Waals surface area (Å²) >= 11 is 4.39. The highest BCUT2D eigenvalue weighted by Crippen LogP contribution is 2.27. The van der Waals surface area contributed by atoms with Gasteiger partial charge in [0.15, 0.2) is 0 Å². The predicted molar refractivity (Wildman–Crippen MR) is 163 cm³/mol. The molecule has 3 unspecified atom stereocenters. The molecule has 1 rings (SSSR count). The first-order chi connectivity index (χ1) is 18.3. The summed E-state index contributed by atoms with van der Waals surface area (Å²) in [5, 5.41) is 5.83. The van der Waals surface area contributed by atoms with E-state index in [0.717, 1.165) is 61.6 Å². The highest BCUT2D eigenvalue weighted by molar-refractivity contribution is 7.80. The molecule has 1 aromatic rings. The molecule has 0 bridgehead atoms. The largest absolute Gasteiger partial charge is 0.444 e. The van der Waals surface area contributed by atoms with E-state index in [1.54, 1.807) is 25.7 Å². The smallest absolute Gasteiger partial charge is 0.408 e. The van der Waals surface area contributed by atoms with Crippen LogP contribution in [0.5, 0.6) is 0 Å². The van der Waals surface area contributed by atoms with Crippen LogP contribution in [0, 0.1) is 13.8 Å². The number of carbonyl (C=O) groups is 3. The maximum atomic E-state index is 14.1. The van der Waals surface area contributed by atoms with Crippen molar-refractivity contribution in [2.75, 3.05) is 12.3 Å². The average Bonchev–Trinajstić information content (AvgIpc) is 2.83. The number of nitrogens with one attached hydrogen (secondary N) is 2. The molecule has 0 aliphatic rings. The number of nitrogens with zero attached hydrogens (tertiary/aromatic N) is 1. The molecular formula is C31H53N3O4S. The van der Waals surface area contributed by atoms with Crippen LogP contribution in [0.3, 0.4) is 0 Å². The Balaban J connectivity index is 3.43. The molecule has 0 heterocycles. The number of alkyl carbamates (subject to hydrolysis) is 1. The highest BCUT2D eigenvalue weighted by atomic mass is 32.1. The molecular weight excluding hydrogens is 510 g/mol. The zero-order chi connectivity index (χ0) is 29.6. The molecule has 1 aromatic carbocycles. The lowest BCUT2D eigenvalue weighted by Crippen LogP contribution is -2.54. The van der Waals surface area contributed by atoms with Gasteiger partial charge in [-0.25, -0.2) is 4.79 Å². The highest BCUT2D eigenvalue weighted by Gasteiger charge is 2.36. The summed E-state index contributed by atoms with van der Waals surface area (Å²) in [5.74, 6) is -0.469. The van der Waals surface area contributed by atoms with Crippen molar-refractivity contribution in [1.82, 2.24) is 15.5 Å². The Morgan fingerprint density at radius 1 is 0.974 bits per heavy atom. The lowest BCUT2D eigenvalue weighted by atomic mass is 9.95. The second-order valence-corrected chi connectivity index (χ2v) is 12.0. The first-order valence-electron chi connectivity index (χ1n) is 14.6. The summed E-state index contributed by atoms with van der Waals surface area (Å²) in [4.78, 5) is 42.2. The Morgan fingerprint density at radius 3 is 2.18 bits per heavy atom. The molecule has 0 aliphatic heterocycles. The van der Waals surface area contributed by atoms with Crippen molar-refractivity contribution in [1.29, 1.82) is 0 Å². The van der Waals surface area contributed by atoms with E-state index in [1.807, 2.05) is 39.0 Å². The van der Waals surface area contributed by atoms with Crippen LogP contribution >= 0.6 is 12.6 Å². The third-order valence-electron chi connectivity index (χ3n) is 6.60. The minimum atomic E-state index is -0.933. The van der Waals surface area contributed by atoms with Gasteiger partial charge in [-0.15, -0.1) is 0 Å². The van der Waals surface area contributed by atoms with Gasteiger partial charge in [-0.3, -0.25) is 9.59 Å². The standard InChI is InChI=1S/C31H53N3O4S/c1-9-11-12-13-14-15-19-34(29(36)26(21-39)33-30(37)38-31(6,7)8)27(28(35)32-24(5)16-10-2)25-18-17-22(3)20-23(25)4/h17-18,20,24,26-27,39H,9-16,19,21H2,1-8H3,(H,32,35)(H,33,37). The summed E-state index contributed by atoms with van der Waals surface area (Å²) in [6.45, 7) is 15.9. The van der Waals surface area contributed by atoms with Crippen molar-refractivity contribution in [3.63, 3.8) is 0 Å². The average molecular weight is 564 g/mol. The Kier molecular flexibility index (Phi) is 15.6. The first kappa shape index (κ1) is 34.8. The van der Waals surface area contributed by atoms with E-state index in [-0.39, 0.29) is 23.6 Å². The summed E-state index contributed by atoms with van der Waals surface area (Å²) in [7, 11) is 0. The van der Waals surface area contributed by atoms with E-state index in [9.17, 15) is 14.4 Å². The third kappa shape index (κ3) is 12.7. The number of carbonyl (C=O) groups excluding carboxylic acids is 3. The molecule has 2 N–H and O–H groups in total. The van der Waals surface area contributed by atoms with E-state index < -0.39 is 23.8 Å². The second kappa shape index (κ2) is 17.5. The van der Waals surface area contributed by atoms with Gasteiger partial charge >= 0.3 is 6.09 Å². The second-order valence-electron chi connectivity index (χ2n) is 11.6. The van der Waals surface area contributed by atoms with Crippen LogP contribution in [0.4, 0.5) is 4.79 Å². The van der Waals surface area contributed by atoms with Crippen molar-refractivity contribution in [2.45, 2.75) is 130 Å². The third-order valence-corrected chi connectivity index (χ3v) is 6.96. The molecule has 3 atom stereocenters. The van der Waals surface area contributed by atoms with Crippen LogP contribution < -0.4 is 10.6 Å². The van der Waals surface area contributed by atoms with Crippen LogP contribution in [0.1, 0.15) is 116 Å². The number of unbranched alkanes of at least 4 members (excludes halogenated alkanes) is 5. The Morgan fingerprint density at radius 2 is 1.62 bits per heavy atom. The molecule has 3 amide bonds. The fourth-order valence-electron chi connectivity index (χ4n) is 4.67. The zero-order valence-electron chi connectivity index (χ0n) is 25.6. The van der Waals surface area contributed by atoms with Crippen molar-refractivity contribution in [3.05, 3.63) is 34.9 Å². The Hall–Kier alpha value is -2.22. The SMILES string of the molecule is CCCCCCCCN(C(=O)C(CS)NC(=O)OC(C)(C)C)C(C(=O)NC(C)CCC)c1ccc(C)cc1C. The van der Waals surface area contributed by atoms with E-state index >= 15 is 0 Å². The maximum Gasteiger partial charge on any atom is 0.408 e. The number of hydrogen-bond donors (Lipinski definition) is 3. The summed E-state index contributed by atoms with van der Waals surface area (Å²) in [6, 6.07) is 4.17. The lowest BCUT2D eigenvalue weighted by Gasteiger charge is -2.35. The number of aryl methyl sites for hydroxylation is 2. The minimum Gasteiger partial charge on any atom is -0.444 e. The van der Waals surface area contributed by atoms with Gasteiger partial charge in [0.05, 0.1) is 0 Å². The lowest BCUT2D eigenvalue weighted by molar-refractivity contribution is -0.142. The number of hydrogen-bond acceptors (Lipinski definition) is 5. The van der Waals surface area contributed by atoms with E-state index in [0.29, 0.717) is 6.54 Å². The summed E-state index contributed by atoms with van der Waals surface area (Å²) in [6.07, 6.45) is 7.41. The molecule has 7 nitrogen and oxygen atoms in total. The topological polar surface area (TPSA) is 87.7 Å². The quantitative estimate of drug-likeness (QED) is 0.155. The zero-order valence-corrected chi connectivity index (χ0v) is 26.5. The van der Waals surface area contributed by atoms with Gasteiger partial charge in [-0.1, -0.05) is 76.1 Å². The molecule has 39 heavy (non-hydrogen) atoms. The van der Waals surface area contributed by atoms with Gasteiger partial charge in [0.2, 0.25) is 11.8 Å². The number of thiol groups is 1. The monoisotopic (exact) mass is 563 g/mol. The van der Waals surface area contributed by atoms with Crippen molar-refractivity contribution in [2.24, 2.45) is 0 Å². The molecule has 0 saturated carbocycles. The fourth-order valence-corrected chi connectivity index (χ4v) is 4.92.